The number of anilines is 1. The van der Waals surface area contributed by atoms with Crippen molar-refractivity contribution in [1.82, 2.24) is 4.90 Å². The van der Waals surface area contributed by atoms with E-state index in [1.165, 1.54) is 24.3 Å². The number of rotatable bonds is 3. The number of hydrogen-bond donors (Lipinski definition) is 2. The van der Waals surface area contributed by atoms with Gasteiger partial charge in [-0.1, -0.05) is 23.7 Å². The summed E-state index contributed by atoms with van der Waals surface area (Å²) in [6.07, 6.45) is 0.899. The number of ether oxygens (including phenoxy) is 2. The molecule has 2 amide bonds. The molecule has 4 rings (SSSR count). The molecule has 0 bridgehead atoms. The summed E-state index contributed by atoms with van der Waals surface area (Å²) in [4.78, 5) is 14.2. The molecule has 1 unspecified atom stereocenters. The third-order valence-electron chi connectivity index (χ3n) is 5.53. The fourth-order valence-electron chi connectivity index (χ4n) is 3.96. The minimum atomic E-state index is -2.89. The van der Waals surface area contributed by atoms with Crippen molar-refractivity contribution in [1.29, 1.82) is 0 Å². The minimum absolute atomic E-state index is 0.0230. The van der Waals surface area contributed by atoms with Crippen LogP contribution in [0.5, 0.6) is 11.5 Å². The lowest BCUT2D eigenvalue weighted by molar-refractivity contribution is -0.0500. The molecule has 2 heterocycles. The Balaban J connectivity index is 1.36. The molecule has 2 aromatic carbocycles. The number of nitrogens with one attached hydrogen (secondary N) is 1. The number of aliphatic hydroxyl groups is 1. The van der Waals surface area contributed by atoms with Crippen molar-refractivity contribution in [3.05, 3.63) is 53.1 Å². The molecular weight excluding hydrogens is 418 g/mol. The molecule has 160 valence electrons. The van der Waals surface area contributed by atoms with Crippen molar-refractivity contribution in [2.24, 2.45) is 0 Å². The molecule has 1 atom stereocenters. The molecule has 1 spiro atoms. The Hall–Kier alpha value is -2.58. The molecule has 0 aromatic heterocycles. The van der Waals surface area contributed by atoms with Crippen molar-refractivity contribution in [3.63, 3.8) is 0 Å². The molecule has 1 fully saturated rings. The fraction of sp³-hybridized carbons (Fsp3) is 0.381. The highest BCUT2D eigenvalue weighted by Gasteiger charge is 2.44. The van der Waals surface area contributed by atoms with Crippen LogP contribution in [0.4, 0.5) is 19.3 Å². The molecule has 1 saturated heterocycles. The highest BCUT2D eigenvalue weighted by molar-refractivity contribution is 6.32. The Morgan fingerprint density at radius 2 is 1.93 bits per heavy atom. The Bertz CT molecular complexity index is 918. The van der Waals surface area contributed by atoms with Gasteiger partial charge in [0, 0.05) is 43.6 Å². The SMILES string of the molecule is O=C(Nc1ccc(OC(F)F)cc1)N1CCC2(CC1)CC(O)c1cccc(Cl)c1O2. The highest BCUT2D eigenvalue weighted by atomic mass is 35.5. The summed E-state index contributed by atoms with van der Waals surface area (Å²) < 4.78 is 35.0. The number of aliphatic hydroxyl groups excluding tert-OH is 1. The zero-order valence-corrected chi connectivity index (χ0v) is 16.7. The first-order valence-electron chi connectivity index (χ1n) is 9.61. The maximum Gasteiger partial charge on any atom is 0.387 e. The van der Waals surface area contributed by atoms with Crippen LogP contribution in [0.1, 0.15) is 30.9 Å². The second-order valence-corrected chi connectivity index (χ2v) is 7.89. The zero-order chi connectivity index (χ0) is 21.3. The number of halogens is 3. The van der Waals surface area contributed by atoms with E-state index in [0.717, 1.165) is 0 Å². The summed E-state index contributed by atoms with van der Waals surface area (Å²) >= 11 is 6.26. The van der Waals surface area contributed by atoms with Gasteiger partial charge in [0.1, 0.15) is 17.1 Å². The van der Waals surface area contributed by atoms with E-state index in [0.29, 0.717) is 54.4 Å². The van der Waals surface area contributed by atoms with Crippen molar-refractivity contribution in [2.45, 2.75) is 37.6 Å². The van der Waals surface area contributed by atoms with Gasteiger partial charge < -0.3 is 24.8 Å². The number of nitrogens with zero attached hydrogens (tertiary/aromatic N) is 1. The van der Waals surface area contributed by atoms with Gasteiger partial charge >= 0.3 is 12.6 Å². The van der Waals surface area contributed by atoms with Crippen LogP contribution in [-0.4, -0.2) is 41.3 Å². The van der Waals surface area contributed by atoms with Gasteiger partial charge in [-0.15, -0.1) is 0 Å². The number of hydrogen-bond acceptors (Lipinski definition) is 4. The first-order chi connectivity index (χ1) is 14.3. The molecule has 9 heteroatoms. The molecule has 6 nitrogen and oxygen atoms in total. The smallest absolute Gasteiger partial charge is 0.387 e. The number of urea groups is 1. The van der Waals surface area contributed by atoms with E-state index >= 15 is 0 Å². The second-order valence-electron chi connectivity index (χ2n) is 7.48. The van der Waals surface area contributed by atoms with Crippen LogP contribution in [0.15, 0.2) is 42.5 Å². The maximum absolute atomic E-state index is 12.6. The summed E-state index contributed by atoms with van der Waals surface area (Å²) in [6.45, 7) is -2.00. The predicted molar refractivity (Wildman–Crippen MR) is 107 cm³/mol. The fourth-order valence-corrected chi connectivity index (χ4v) is 4.18. The number of para-hydroxylation sites is 1. The van der Waals surface area contributed by atoms with Gasteiger partial charge in [-0.25, -0.2) is 4.79 Å². The van der Waals surface area contributed by atoms with E-state index in [9.17, 15) is 18.7 Å². The van der Waals surface area contributed by atoms with Crippen LogP contribution in [0.2, 0.25) is 5.02 Å². The van der Waals surface area contributed by atoms with E-state index in [2.05, 4.69) is 10.1 Å². The molecule has 0 radical (unpaired) electrons. The maximum atomic E-state index is 12.6. The van der Waals surface area contributed by atoms with Crippen LogP contribution in [0.3, 0.4) is 0 Å². The van der Waals surface area contributed by atoms with E-state index in [1.807, 2.05) is 0 Å². The lowest BCUT2D eigenvalue weighted by Crippen LogP contribution is -2.52. The van der Waals surface area contributed by atoms with E-state index in [-0.39, 0.29) is 11.8 Å². The molecular formula is C21H21ClF2N2O4. The molecule has 0 saturated carbocycles. The van der Waals surface area contributed by atoms with Gasteiger partial charge in [-0.3, -0.25) is 0 Å². The van der Waals surface area contributed by atoms with E-state index in [1.54, 1.807) is 23.1 Å². The average molecular weight is 439 g/mol. The van der Waals surface area contributed by atoms with Crippen molar-refractivity contribution in [2.75, 3.05) is 18.4 Å². The number of amides is 2. The minimum Gasteiger partial charge on any atom is -0.485 e. The topological polar surface area (TPSA) is 71.0 Å². The normalized spacial score (nSPS) is 19.9. The number of likely N-dealkylation sites (tertiary alicyclic amines) is 1. The van der Waals surface area contributed by atoms with Crippen LogP contribution in [-0.2, 0) is 0 Å². The number of carbonyl (C=O) groups excluding carboxylic acids is 1. The Morgan fingerprint density at radius 3 is 2.60 bits per heavy atom. The predicted octanol–water partition coefficient (Wildman–Crippen LogP) is 4.82. The standard InChI is InChI=1S/C21H21ClF2N2O4/c22-16-3-1-2-15-17(27)12-21(30-18(15)16)8-10-26(11-9-21)20(28)25-13-4-6-14(7-5-13)29-19(23)24/h1-7,17,19,27H,8-12H2,(H,25,28). The summed E-state index contributed by atoms with van der Waals surface area (Å²) in [5, 5.41) is 13.8. The van der Waals surface area contributed by atoms with Crippen LogP contribution in [0, 0.1) is 0 Å². The largest absolute Gasteiger partial charge is 0.485 e. The average Bonchev–Trinajstić information content (AvgIpc) is 2.70. The number of benzene rings is 2. The lowest BCUT2D eigenvalue weighted by Gasteiger charge is -2.46. The van der Waals surface area contributed by atoms with Crippen LogP contribution >= 0.6 is 11.6 Å². The Morgan fingerprint density at radius 1 is 1.23 bits per heavy atom. The van der Waals surface area contributed by atoms with Gasteiger partial charge in [-0.2, -0.15) is 8.78 Å². The molecule has 30 heavy (non-hydrogen) atoms. The summed E-state index contributed by atoms with van der Waals surface area (Å²) in [6, 6.07) is 10.8. The van der Waals surface area contributed by atoms with E-state index in [4.69, 9.17) is 16.3 Å². The summed E-state index contributed by atoms with van der Waals surface area (Å²) in [7, 11) is 0. The van der Waals surface area contributed by atoms with Crippen molar-refractivity contribution in [3.8, 4) is 11.5 Å². The number of carbonyl (C=O) groups is 1. The van der Waals surface area contributed by atoms with Crippen LogP contribution < -0.4 is 14.8 Å². The molecule has 0 aliphatic carbocycles. The van der Waals surface area contributed by atoms with Crippen molar-refractivity contribution >= 4 is 23.3 Å². The van der Waals surface area contributed by atoms with Crippen LogP contribution in [0.25, 0.3) is 0 Å². The van der Waals surface area contributed by atoms with Gasteiger partial charge in [0.15, 0.2) is 0 Å². The first kappa shape index (κ1) is 20.7. The van der Waals surface area contributed by atoms with Gasteiger partial charge in [-0.05, 0) is 30.3 Å². The third-order valence-corrected chi connectivity index (χ3v) is 5.83. The zero-order valence-electron chi connectivity index (χ0n) is 16.0. The summed E-state index contributed by atoms with van der Waals surface area (Å²) in [5.74, 6) is 0.539. The Kier molecular flexibility index (Phi) is 5.71. The highest BCUT2D eigenvalue weighted by Crippen LogP contribution is 2.47. The van der Waals surface area contributed by atoms with Crippen molar-refractivity contribution < 1.29 is 28.2 Å². The third kappa shape index (κ3) is 4.29. The number of fused-ring (bicyclic) bond motifs is 1. The number of piperidine rings is 1. The quantitative estimate of drug-likeness (QED) is 0.720. The first-order valence-corrected chi connectivity index (χ1v) is 9.99. The molecule has 2 aromatic rings. The monoisotopic (exact) mass is 438 g/mol. The molecule has 2 aliphatic heterocycles. The summed E-state index contributed by atoms with van der Waals surface area (Å²) in [5.41, 5.74) is 0.599. The van der Waals surface area contributed by atoms with E-state index < -0.39 is 18.3 Å². The van der Waals surface area contributed by atoms with Gasteiger partial charge in [0.25, 0.3) is 0 Å². The molecule has 2 aliphatic rings. The Labute approximate surface area is 177 Å². The van der Waals surface area contributed by atoms with Gasteiger partial charge in [0.2, 0.25) is 0 Å². The van der Waals surface area contributed by atoms with Gasteiger partial charge in [0.05, 0.1) is 11.1 Å². The molecule has 2 N–H and O–H groups in total. The number of alkyl halides is 2. The lowest BCUT2D eigenvalue weighted by atomic mass is 9.82. The second kappa shape index (κ2) is 8.28.